The quantitative estimate of drug-likeness (QED) is 0.894. The summed E-state index contributed by atoms with van der Waals surface area (Å²) in [5, 5.41) is 7.00. The van der Waals surface area contributed by atoms with Crippen LogP contribution in [0.2, 0.25) is 0 Å². The number of hydrogen-bond donors (Lipinski definition) is 1. The van der Waals surface area contributed by atoms with Crippen LogP contribution in [0.15, 0.2) is 35.4 Å². The molecule has 2 aromatic rings. The fourth-order valence-corrected chi connectivity index (χ4v) is 3.11. The average molecular weight is 330 g/mol. The van der Waals surface area contributed by atoms with Crippen molar-refractivity contribution in [1.82, 2.24) is 19.7 Å². The zero-order valence-corrected chi connectivity index (χ0v) is 13.8. The summed E-state index contributed by atoms with van der Waals surface area (Å²) in [6.07, 6.45) is 5.36. The second kappa shape index (κ2) is 7.44. The Morgan fingerprint density at radius 3 is 3.04 bits per heavy atom. The van der Waals surface area contributed by atoms with E-state index in [0.717, 1.165) is 25.1 Å². The van der Waals surface area contributed by atoms with Gasteiger partial charge >= 0.3 is 0 Å². The molecule has 1 aliphatic rings. The minimum absolute atomic E-state index is 0.0367. The molecular weight excluding hydrogens is 308 g/mol. The maximum atomic E-state index is 12.8. The van der Waals surface area contributed by atoms with Gasteiger partial charge in [0.05, 0.1) is 12.2 Å². The molecule has 128 valence electrons. The van der Waals surface area contributed by atoms with Crippen molar-refractivity contribution in [2.75, 3.05) is 26.8 Å². The smallest absolute Gasteiger partial charge is 0.255 e. The molecule has 0 aliphatic carbocycles. The molecule has 7 heteroatoms. The molecule has 1 fully saturated rings. The molecule has 7 nitrogen and oxygen atoms in total. The van der Waals surface area contributed by atoms with Crippen molar-refractivity contribution in [1.29, 1.82) is 0 Å². The van der Waals surface area contributed by atoms with Gasteiger partial charge in [-0.05, 0) is 25.0 Å². The van der Waals surface area contributed by atoms with E-state index in [1.54, 1.807) is 25.6 Å². The normalized spacial score (nSPS) is 17.9. The molecule has 0 aromatic carbocycles. The second-order valence-corrected chi connectivity index (χ2v) is 6.04. The Balaban J connectivity index is 1.74. The van der Waals surface area contributed by atoms with Crippen molar-refractivity contribution in [3.8, 4) is 0 Å². The first-order valence-corrected chi connectivity index (χ1v) is 8.17. The molecule has 0 saturated carbocycles. The van der Waals surface area contributed by atoms with Crippen LogP contribution < -0.4 is 5.56 Å². The molecule has 1 atom stereocenters. The highest BCUT2D eigenvalue weighted by Gasteiger charge is 2.26. The highest BCUT2D eigenvalue weighted by Crippen LogP contribution is 2.26. The van der Waals surface area contributed by atoms with E-state index in [2.05, 4.69) is 10.2 Å². The highest BCUT2D eigenvalue weighted by molar-refractivity contribution is 5.94. The number of piperidine rings is 1. The van der Waals surface area contributed by atoms with Gasteiger partial charge in [-0.2, -0.15) is 5.10 Å². The summed E-state index contributed by atoms with van der Waals surface area (Å²) < 4.78 is 6.53. The largest absolute Gasteiger partial charge is 0.383 e. The van der Waals surface area contributed by atoms with Crippen LogP contribution in [0.3, 0.4) is 0 Å². The lowest BCUT2D eigenvalue weighted by Gasteiger charge is -2.32. The molecule has 1 N–H and O–H groups in total. The number of nitrogens with zero attached hydrogens (tertiary/aromatic N) is 3. The van der Waals surface area contributed by atoms with Gasteiger partial charge in [0.15, 0.2) is 0 Å². The van der Waals surface area contributed by atoms with E-state index >= 15 is 0 Å². The molecule has 1 aliphatic heterocycles. The number of aromatic amines is 1. The maximum Gasteiger partial charge on any atom is 0.255 e. The van der Waals surface area contributed by atoms with Crippen LogP contribution in [0.25, 0.3) is 0 Å². The summed E-state index contributed by atoms with van der Waals surface area (Å²) in [6, 6.07) is 5.01. The number of nitrogens with one attached hydrogen (secondary N) is 1. The van der Waals surface area contributed by atoms with Gasteiger partial charge in [0, 0.05) is 56.8 Å². The third-order valence-electron chi connectivity index (χ3n) is 4.44. The fourth-order valence-electron chi connectivity index (χ4n) is 3.11. The molecule has 3 rings (SSSR count). The fraction of sp³-hybridized carbons (Fsp3) is 0.471. The number of hydrogen-bond acceptors (Lipinski definition) is 4. The van der Waals surface area contributed by atoms with Crippen molar-refractivity contribution in [2.24, 2.45) is 0 Å². The average Bonchev–Trinajstić information content (AvgIpc) is 3.15. The van der Waals surface area contributed by atoms with Gasteiger partial charge in [0.25, 0.3) is 11.5 Å². The predicted octanol–water partition coefficient (Wildman–Crippen LogP) is 1.24. The Kier molecular flexibility index (Phi) is 5.10. The number of carbonyl (C=O) groups excluding carboxylic acids is 1. The first kappa shape index (κ1) is 16.4. The van der Waals surface area contributed by atoms with E-state index < -0.39 is 0 Å². The van der Waals surface area contributed by atoms with Crippen molar-refractivity contribution < 1.29 is 9.53 Å². The SMILES string of the molecule is COCCn1cc(C(=O)N2CCC[C@@H](c3ccn[nH]3)C2)ccc1=O. The minimum atomic E-state index is -0.127. The third-order valence-corrected chi connectivity index (χ3v) is 4.44. The molecule has 0 bridgehead atoms. The molecule has 3 heterocycles. The molecule has 0 radical (unpaired) electrons. The Hall–Kier alpha value is -2.41. The number of methoxy groups -OCH3 is 1. The van der Waals surface area contributed by atoms with Gasteiger partial charge in [-0.15, -0.1) is 0 Å². The summed E-state index contributed by atoms with van der Waals surface area (Å²) >= 11 is 0. The van der Waals surface area contributed by atoms with Crippen molar-refractivity contribution in [3.63, 3.8) is 0 Å². The Morgan fingerprint density at radius 1 is 1.42 bits per heavy atom. The van der Waals surface area contributed by atoms with Gasteiger partial charge in [0.1, 0.15) is 0 Å². The van der Waals surface area contributed by atoms with Gasteiger partial charge in [0.2, 0.25) is 0 Å². The van der Waals surface area contributed by atoms with E-state index in [0.29, 0.717) is 25.3 Å². The van der Waals surface area contributed by atoms with Crippen LogP contribution in [0.4, 0.5) is 0 Å². The second-order valence-electron chi connectivity index (χ2n) is 6.04. The molecule has 1 saturated heterocycles. The summed E-state index contributed by atoms with van der Waals surface area (Å²) in [5.41, 5.74) is 1.48. The molecule has 0 unspecified atom stereocenters. The standard InChI is InChI=1S/C17H22N4O3/c1-24-10-9-20-12-14(4-5-16(20)22)17(23)21-8-2-3-13(11-21)15-6-7-18-19-15/h4-7,12-13H,2-3,8-11H2,1H3,(H,18,19)/t13-/m1/s1. The Labute approximate surface area is 140 Å². The van der Waals surface area contributed by atoms with Crippen LogP contribution >= 0.6 is 0 Å². The van der Waals surface area contributed by atoms with Crippen LogP contribution in [0, 0.1) is 0 Å². The van der Waals surface area contributed by atoms with Crippen LogP contribution in [-0.4, -0.2) is 52.4 Å². The molecule has 1 amide bonds. The zero-order chi connectivity index (χ0) is 16.9. The lowest BCUT2D eigenvalue weighted by atomic mass is 9.94. The Morgan fingerprint density at radius 2 is 2.29 bits per heavy atom. The predicted molar refractivity (Wildman–Crippen MR) is 89.0 cm³/mol. The van der Waals surface area contributed by atoms with E-state index in [4.69, 9.17) is 4.74 Å². The maximum absolute atomic E-state index is 12.8. The number of carbonyl (C=O) groups is 1. The van der Waals surface area contributed by atoms with Crippen LogP contribution in [0.1, 0.15) is 34.8 Å². The first-order valence-electron chi connectivity index (χ1n) is 8.17. The van der Waals surface area contributed by atoms with Crippen molar-refractivity contribution >= 4 is 5.91 Å². The number of ether oxygens (including phenoxy) is 1. The molecule has 2 aromatic heterocycles. The van der Waals surface area contributed by atoms with E-state index in [-0.39, 0.29) is 17.4 Å². The van der Waals surface area contributed by atoms with Crippen molar-refractivity contribution in [3.05, 3.63) is 52.2 Å². The number of amides is 1. The molecule has 0 spiro atoms. The first-order chi connectivity index (χ1) is 11.7. The minimum Gasteiger partial charge on any atom is -0.383 e. The molecule has 24 heavy (non-hydrogen) atoms. The van der Waals surface area contributed by atoms with Gasteiger partial charge < -0.3 is 14.2 Å². The molecular formula is C17H22N4O3. The van der Waals surface area contributed by atoms with E-state index in [1.807, 2.05) is 11.0 Å². The van der Waals surface area contributed by atoms with Gasteiger partial charge in [-0.25, -0.2) is 0 Å². The number of likely N-dealkylation sites (tertiary alicyclic amines) is 1. The van der Waals surface area contributed by atoms with Gasteiger partial charge in [-0.3, -0.25) is 14.7 Å². The summed E-state index contributed by atoms with van der Waals surface area (Å²) in [4.78, 5) is 26.5. The Bertz CT molecular complexity index is 739. The monoisotopic (exact) mass is 330 g/mol. The number of H-pyrrole nitrogens is 1. The van der Waals surface area contributed by atoms with Crippen LogP contribution in [0.5, 0.6) is 0 Å². The summed E-state index contributed by atoms with van der Waals surface area (Å²) in [5.74, 6) is 0.245. The highest BCUT2D eigenvalue weighted by atomic mass is 16.5. The van der Waals surface area contributed by atoms with E-state index in [1.165, 1.54) is 10.6 Å². The number of pyridine rings is 1. The van der Waals surface area contributed by atoms with Crippen molar-refractivity contribution in [2.45, 2.75) is 25.3 Å². The topological polar surface area (TPSA) is 80.2 Å². The van der Waals surface area contributed by atoms with E-state index in [9.17, 15) is 9.59 Å². The zero-order valence-electron chi connectivity index (χ0n) is 13.8. The number of aromatic nitrogens is 3. The lowest BCUT2D eigenvalue weighted by molar-refractivity contribution is 0.0704. The van der Waals surface area contributed by atoms with Crippen LogP contribution in [-0.2, 0) is 11.3 Å². The van der Waals surface area contributed by atoms with Gasteiger partial charge in [-0.1, -0.05) is 0 Å². The third kappa shape index (κ3) is 3.56. The lowest BCUT2D eigenvalue weighted by Crippen LogP contribution is -2.39. The summed E-state index contributed by atoms with van der Waals surface area (Å²) in [6.45, 7) is 2.27. The number of rotatable bonds is 5. The summed E-state index contributed by atoms with van der Waals surface area (Å²) in [7, 11) is 1.59.